The molecule has 0 aliphatic carbocycles. The van der Waals surface area contributed by atoms with E-state index < -0.39 is 12.2 Å². The van der Waals surface area contributed by atoms with Crippen LogP contribution in [0.15, 0.2) is 97.1 Å². The Hall–Kier alpha value is -3.92. The molecule has 0 bridgehead atoms. The Morgan fingerprint density at radius 3 is 1.24 bits per heavy atom. The van der Waals surface area contributed by atoms with E-state index in [2.05, 4.69) is 27.7 Å². The van der Waals surface area contributed by atoms with E-state index in [4.69, 9.17) is 18.9 Å². The Morgan fingerprint density at radius 2 is 0.811 bits per heavy atom. The molecule has 0 aliphatic rings. The summed E-state index contributed by atoms with van der Waals surface area (Å²) in [6.45, 7) is 10.5. The first kappa shape index (κ1) is 26.2. The van der Waals surface area contributed by atoms with Crippen molar-refractivity contribution in [1.82, 2.24) is 0 Å². The standard InChI is InChI=1S/C33H36O4/c1-23-6-14-28(15-7-23)34-22-32(36-30-18-10-25(3)11-19-30)33(37-31-20-12-26(4)13-21-31)27(5)35-29-16-8-24(2)9-17-29/h6-21,27,32-33H,22H2,1-5H3. The molecule has 4 rings (SSSR count). The van der Waals surface area contributed by atoms with Crippen molar-refractivity contribution in [2.24, 2.45) is 0 Å². The third-order valence-corrected chi connectivity index (χ3v) is 6.21. The third kappa shape index (κ3) is 7.78. The molecular weight excluding hydrogens is 460 g/mol. The van der Waals surface area contributed by atoms with E-state index in [1.165, 1.54) is 22.3 Å². The first-order valence-corrected chi connectivity index (χ1v) is 12.8. The summed E-state index contributed by atoms with van der Waals surface area (Å²) in [4.78, 5) is 0. The zero-order valence-electron chi connectivity index (χ0n) is 22.3. The number of rotatable bonds is 11. The van der Waals surface area contributed by atoms with Crippen molar-refractivity contribution in [3.63, 3.8) is 0 Å². The van der Waals surface area contributed by atoms with Crippen molar-refractivity contribution >= 4 is 0 Å². The van der Waals surface area contributed by atoms with Crippen molar-refractivity contribution in [3.05, 3.63) is 119 Å². The molecule has 0 spiro atoms. The lowest BCUT2D eigenvalue weighted by Gasteiger charge is -2.32. The van der Waals surface area contributed by atoms with E-state index in [0.717, 1.165) is 23.0 Å². The molecule has 0 aliphatic heterocycles. The largest absolute Gasteiger partial charge is 0.490 e. The van der Waals surface area contributed by atoms with Crippen LogP contribution < -0.4 is 18.9 Å². The second-order valence-corrected chi connectivity index (χ2v) is 9.62. The number of benzene rings is 4. The first-order chi connectivity index (χ1) is 17.9. The topological polar surface area (TPSA) is 36.9 Å². The van der Waals surface area contributed by atoms with Gasteiger partial charge in [0.2, 0.25) is 0 Å². The van der Waals surface area contributed by atoms with Gasteiger partial charge in [0.15, 0.2) is 12.2 Å². The van der Waals surface area contributed by atoms with Gasteiger partial charge in [0.25, 0.3) is 0 Å². The van der Waals surface area contributed by atoms with Crippen LogP contribution in [0.4, 0.5) is 0 Å². The molecule has 0 aromatic heterocycles. The van der Waals surface area contributed by atoms with Gasteiger partial charge < -0.3 is 18.9 Å². The predicted octanol–water partition coefficient (Wildman–Crippen LogP) is 7.66. The minimum atomic E-state index is -0.462. The Kier molecular flexibility index (Phi) is 8.73. The molecule has 4 aromatic rings. The maximum Gasteiger partial charge on any atom is 0.175 e. The Morgan fingerprint density at radius 1 is 0.459 bits per heavy atom. The van der Waals surface area contributed by atoms with Crippen LogP contribution in [0.3, 0.4) is 0 Å². The van der Waals surface area contributed by atoms with Gasteiger partial charge in [0, 0.05) is 0 Å². The van der Waals surface area contributed by atoms with Crippen LogP contribution in [-0.4, -0.2) is 24.9 Å². The average Bonchev–Trinajstić information content (AvgIpc) is 2.90. The van der Waals surface area contributed by atoms with Crippen LogP contribution in [0.5, 0.6) is 23.0 Å². The van der Waals surface area contributed by atoms with Gasteiger partial charge in [-0.15, -0.1) is 0 Å². The monoisotopic (exact) mass is 496 g/mol. The molecule has 4 aromatic carbocycles. The van der Waals surface area contributed by atoms with Gasteiger partial charge >= 0.3 is 0 Å². The molecule has 0 saturated heterocycles. The highest BCUT2D eigenvalue weighted by molar-refractivity contribution is 5.30. The highest BCUT2D eigenvalue weighted by Crippen LogP contribution is 2.25. The zero-order valence-corrected chi connectivity index (χ0v) is 22.3. The second-order valence-electron chi connectivity index (χ2n) is 9.62. The number of hydrogen-bond acceptors (Lipinski definition) is 4. The molecule has 3 unspecified atom stereocenters. The molecule has 0 fully saturated rings. The van der Waals surface area contributed by atoms with E-state index >= 15 is 0 Å². The van der Waals surface area contributed by atoms with Crippen LogP contribution in [0.2, 0.25) is 0 Å². The van der Waals surface area contributed by atoms with Gasteiger partial charge in [-0.1, -0.05) is 70.8 Å². The van der Waals surface area contributed by atoms with E-state index in [9.17, 15) is 0 Å². The quantitative estimate of drug-likeness (QED) is 0.214. The molecule has 0 saturated carbocycles. The van der Waals surface area contributed by atoms with Gasteiger partial charge in [-0.25, -0.2) is 0 Å². The van der Waals surface area contributed by atoms with Crippen LogP contribution in [-0.2, 0) is 0 Å². The minimum absolute atomic E-state index is 0.287. The molecule has 4 nitrogen and oxygen atoms in total. The summed E-state index contributed by atoms with van der Waals surface area (Å²) in [7, 11) is 0. The number of ether oxygens (including phenoxy) is 4. The minimum Gasteiger partial charge on any atom is -0.490 e. The molecule has 3 atom stereocenters. The van der Waals surface area contributed by atoms with Crippen molar-refractivity contribution in [3.8, 4) is 23.0 Å². The summed E-state index contributed by atoms with van der Waals surface area (Å²) in [5, 5.41) is 0. The van der Waals surface area contributed by atoms with Crippen molar-refractivity contribution in [2.45, 2.75) is 52.9 Å². The molecule has 37 heavy (non-hydrogen) atoms. The normalized spacial score (nSPS) is 13.3. The summed E-state index contributed by atoms with van der Waals surface area (Å²) < 4.78 is 25.7. The third-order valence-electron chi connectivity index (χ3n) is 6.21. The fourth-order valence-electron chi connectivity index (χ4n) is 3.95. The van der Waals surface area contributed by atoms with Crippen LogP contribution in [0.25, 0.3) is 0 Å². The van der Waals surface area contributed by atoms with Gasteiger partial charge in [-0.05, 0) is 83.1 Å². The Labute approximate surface area is 220 Å². The summed E-state index contributed by atoms with van der Waals surface area (Å²) >= 11 is 0. The van der Waals surface area contributed by atoms with Gasteiger partial charge in [0.1, 0.15) is 35.7 Å². The van der Waals surface area contributed by atoms with E-state index in [1.807, 2.05) is 104 Å². The lowest BCUT2D eigenvalue weighted by Crippen LogP contribution is -2.49. The average molecular weight is 497 g/mol. The number of hydrogen-bond donors (Lipinski definition) is 0. The van der Waals surface area contributed by atoms with Gasteiger partial charge in [-0.2, -0.15) is 0 Å². The van der Waals surface area contributed by atoms with Gasteiger partial charge in [0.05, 0.1) is 0 Å². The summed E-state index contributed by atoms with van der Waals surface area (Å²) in [5.74, 6) is 3.07. The molecule has 192 valence electrons. The highest BCUT2D eigenvalue weighted by atomic mass is 16.6. The summed E-state index contributed by atoms with van der Waals surface area (Å²) in [6.07, 6.45) is -1.25. The SMILES string of the molecule is Cc1ccc(OCC(Oc2ccc(C)cc2)C(Oc2ccc(C)cc2)C(C)Oc2ccc(C)cc2)cc1. The molecule has 0 radical (unpaired) electrons. The highest BCUT2D eigenvalue weighted by Gasteiger charge is 2.33. The first-order valence-electron chi connectivity index (χ1n) is 12.8. The second kappa shape index (κ2) is 12.4. The molecule has 0 amide bonds. The summed E-state index contributed by atoms with van der Waals surface area (Å²) in [6, 6.07) is 32.1. The van der Waals surface area contributed by atoms with Crippen LogP contribution in [0, 0.1) is 27.7 Å². The maximum atomic E-state index is 6.56. The molecular formula is C33H36O4. The van der Waals surface area contributed by atoms with Crippen molar-refractivity contribution in [2.75, 3.05) is 6.61 Å². The zero-order chi connectivity index (χ0) is 26.2. The summed E-state index contributed by atoms with van der Waals surface area (Å²) in [5.41, 5.74) is 4.70. The predicted molar refractivity (Wildman–Crippen MR) is 149 cm³/mol. The van der Waals surface area contributed by atoms with Crippen LogP contribution >= 0.6 is 0 Å². The Balaban J connectivity index is 1.63. The Bertz CT molecular complexity index is 1230. The maximum absolute atomic E-state index is 6.56. The van der Waals surface area contributed by atoms with Crippen molar-refractivity contribution < 1.29 is 18.9 Å². The molecule has 0 heterocycles. The lowest BCUT2D eigenvalue weighted by atomic mass is 10.1. The van der Waals surface area contributed by atoms with E-state index in [0.29, 0.717) is 0 Å². The molecule has 0 N–H and O–H groups in total. The van der Waals surface area contributed by atoms with Crippen molar-refractivity contribution in [1.29, 1.82) is 0 Å². The van der Waals surface area contributed by atoms with Crippen LogP contribution in [0.1, 0.15) is 29.2 Å². The fourth-order valence-corrected chi connectivity index (χ4v) is 3.95. The fraction of sp³-hybridized carbons (Fsp3) is 0.273. The smallest absolute Gasteiger partial charge is 0.175 e. The number of aryl methyl sites for hydroxylation is 4. The molecule has 4 heteroatoms. The van der Waals surface area contributed by atoms with E-state index in [1.54, 1.807) is 0 Å². The van der Waals surface area contributed by atoms with Gasteiger partial charge in [-0.3, -0.25) is 0 Å². The van der Waals surface area contributed by atoms with E-state index in [-0.39, 0.29) is 12.7 Å². The lowest BCUT2D eigenvalue weighted by molar-refractivity contribution is -0.0321.